The predicted molar refractivity (Wildman–Crippen MR) is 103 cm³/mol. The molecule has 1 amide bonds. The van der Waals surface area contributed by atoms with E-state index < -0.39 is 5.97 Å². The van der Waals surface area contributed by atoms with Crippen molar-refractivity contribution in [1.29, 1.82) is 0 Å². The zero-order valence-electron chi connectivity index (χ0n) is 16.6. The normalized spacial score (nSPS) is 20.9. The number of benzene rings is 1. The summed E-state index contributed by atoms with van der Waals surface area (Å²) in [5.74, 6) is 0.390. The van der Waals surface area contributed by atoms with Crippen molar-refractivity contribution in [2.45, 2.75) is 25.9 Å². The SMILES string of the molecule is COC(=O)C1=C(C)N(C[C@H]2CCCO2)C(=O)/C1=C\c1ccc(OC)cc1OC. The molecule has 2 aliphatic heterocycles. The van der Waals surface area contributed by atoms with E-state index in [2.05, 4.69) is 0 Å². The second-order valence-corrected chi connectivity index (χ2v) is 6.67. The van der Waals surface area contributed by atoms with Gasteiger partial charge in [-0.3, -0.25) is 4.79 Å². The van der Waals surface area contributed by atoms with Crippen molar-refractivity contribution < 1.29 is 28.5 Å². The molecule has 0 aliphatic carbocycles. The molecule has 0 unspecified atom stereocenters. The van der Waals surface area contributed by atoms with Crippen LogP contribution >= 0.6 is 0 Å². The molecule has 0 spiro atoms. The molecule has 28 heavy (non-hydrogen) atoms. The first-order chi connectivity index (χ1) is 13.5. The molecule has 0 saturated carbocycles. The number of rotatable bonds is 6. The molecule has 2 aliphatic rings. The topological polar surface area (TPSA) is 74.3 Å². The predicted octanol–water partition coefficient (Wildman–Crippen LogP) is 2.56. The molecule has 7 heteroatoms. The van der Waals surface area contributed by atoms with Gasteiger partial charge in [0.05, 0.1) is 45.1 Å². The van der Waals surface area contributed by atoms with Gasteiger partial charge in [0.15, 0.2) is 0 Å². The van der Waals surface area contributed by atoms with Gasteiger partial charge in [0, 0.05) is 23.9 Å². The second-order valence-electron chi connectivity index (χ2n) is 6.67. The first kappa shape index (κ1) is 19.9. The van der Waals surface area contributed by atoms with Crippen LogP contribution in [0.2, 0.25) is 0 Å². The Hall–Kier alpha value is -2.80. The molecule has 0 N–H and O–H groups in total. The van der Waals surface area contributed by atoms with E-state index in [1.807, 2.05) is 0 Å². The molecule has 1 atom stereocenters. The number of allylic oxidation sites excluding steroid dienone is 1. The molecule has 1 saturated heterocycles. The lowest BCUT2D eigenvalue weighted by molar-refractivity contribution is -0.136. The summed E-state index contributed by atoms with van der Waals surface area (Å²) in [6, 6.07) is 5.28. The third-order valence-corrected chi connectivity index (χ3v) is 5.05. The molecule has 1 aromatic rings. The summed E-state index contributed by atoms with van der Waals surface area (Å²) in [5.41, 5.74) is 1.79. The van der Waals surface area contributed by atoms with Gasteiger partial charge < -0.3 is 23.8 Å². The molecule has 0 bridgehead atoms. The lowest BCUT2D eigenvalue weighted by Gasteiger charge is -2.21. The fourth-order valence-corrected chi connectivity index (χ4v) is 3.53. The van der Waals surface area contributed by atoms with Gasteiger partial charge >= 0.3 is 5.97 Å². The molecule has 7 nitrogen and oxygen atoms in total. The van der Waals surface area contributed by atoms with Crippen molar-refractivity contribution in [3.63, 3.8) is 0 Å². The van der Waals surface area contributed by atoms with E-state index in [4.69, 9.17) is 18.9 Å². The molecular weight excluding hydrogens is 362 g/mol. The zero-order chi connectivity index (χ0) is 20.3. The first-order valence-electron chi connectivity index (χ1n) is 9.17. The van der Waals surface area contributed by atoms with Crippen LogP contribution in [-0.4, -0.2) is 57.4 Å². The maximum absolute atomic E-state index is 13.1. The van der Waals surface area contributed by atoms with E-state index in [9.17, 15) is 9.59 Å². The zero-order valence-corrected chi connectivity index (χ0v) is 16.6. The Labute approximate surface area is 164 Å². The van der Waals surface area contributed by atoms with Crippen molar-refractivity contribution in [2.75, 3.05) is 34.5 Å². The first-order valence-corrected chi connectivity index (χ1v) is 9.17. The highest BCUT2D eigenvalue weighted by atomic mass is 16.5. The number of hydrogen-bond acceptors (Lipinski definition) is 6. The second kappa shape index (κ2) is 8.48. The monoisotopic (exact) mass is 387 g/mol. The van der Waals surface area contributed by atoms with Gasteiger partial charge in [-0.25, -0.2) is 4.79 Å². The number of carbonyl (C=O) groups excluding carboxylic acids is 2. The maximum atomic E-state index is 13.1. The average molecular weight is 387 g/mol. The van der Waals surface area contributed by atoms with E-state index in [1.54, 1.807) is 50.3 Å². The lowest BCUT2D eigenvalue weighted by Crippen LogP contribution is -2.33. The fraction of sp³-hybridized carbons (Fsp3) is 0.429. The van der Waals surface area contributed by atoms with Crippen LogP contribution < -0.4 is 9.47 Å². The highest BCUT2D eigenvalue weighted by Crippen LogP contribution is 2.35. The number of carbonyl (C=O) groups is 2. The van der Waals surface area contributed by atoms with Gasteiger partial charge in [0.2, 0.25) is 0 Å². The summed E-state index contributed by atoms with van der Waals surface area (Å²) in [6.45, 7) is 2.87. The smallest absolute Gasteiger partial charge is 0.340 e. The number of amides is 1. The number of methoxy groups -OCH3 is 3. The Kier molecular flexibility index (Phi) is 6.04. The van der Waals surface area contributed by atoms with Crippen LogP contribution in [0.15, 0.2) is 35.0 Å². The van der Waals surface area contributed by atoms with Crippen LogP contribution in [-0.2, 0) is 19.1 Å². The van der Waals surface area contributed by atoms with E-state index in [0.717, 1.165) is 12.8 Å². The largest absolute Gasteiger partial charge is 0.497 e. The molecule has 0 aromatic heterocycles. The van der Waals surface area contributed by atoms with Gasteiger partial charge in [-0.2, -0.15) is 0 Å². The Balaban J connectivity index is 2.01. The minimum atomic E-state index is -0.542. The van der Waals surface area contributed by atoms with Gasteiger partial charge in [0.25, 0.3) is 5.91 Å². The highest BCUT2D eigenvalue weighted by Gasteiger charge is 2.38. The summed E-state index contributed by atoms with van der Waals surface area (Å²) >= 11 is 0. The Morgan fingerprint density at radius 3 is 2.68 bits per heavy atom. The molecule has 150 valence electrons. The third-order valence-electron chi connectivity index (χ3n) is 5.05. The molecular formula is C21H25NO6. The molecule has 3 rings (SSSR count). The van der Waals surface area contributed by atoms with Crippen LogP contribution in [0.4, 0.5) is 0 Å². The number of ether oxygens (including phenoxy) is 4. The number of hydrogen-bond donors (Lipinski definition) is 0. The van der Waals surface area contributed by atoms with Crippen molar-refractivity contribution in [3.8, 4) is 11.5 Å². The minimum Gasteiger partial charge on any atom is -0.497 e. The van der Waals surface area contributed by atoms with Crippen LogP contribution in [0.3, 0.4) is 0 Å². The molecule has 1 aromatic carbocycles. The number of nitrogens with zero attached hydrogens (tertiary/aromatic N) is 1. The van der Waals surface area contributed by atoms with Crippen molar-refractivity contribution in [1.82, 2.24) is 4.90 Å². The molecule has 2 heterocycles. The van der Waals surface area contributed by atoms with Crippen LogP contribution in [0.1, 0.15) is 25.3 Å². The van der Waals surface area contributed by atoms with Crippen LogP contribution in [0, 0.1) is 0 Å². The summed E-state index contributed by atoms with van der Waals surface area (Å²) in [5, 5.41) is 0. The highest BCUT2D eigenvalue weighted by molar-refractivity contribution is 6.16. The van der Waals surface area contributed by atoms with Gasteiger partial charge in [-0.05, 0) is 38.0 Å². The van der Waals surface area contributed by atoms with Crippen molar-refractivity contribution in [2.24, 2.45) is 0 Å². The Bertz CT molecular complexity index is 835. The van der Waals surface area contributed by atoms with Gasteiger partial charge in [-0.15, -0.1) is 0 Å². The Morgan fingerprint density at radius 2 is 2.07 bits per heavy atom. The van der Waals surface area contributed by atoms with Gasteiger partial charge in [-0.1, -0.05) is 0 Å². The van der Waals surface area contributed by atoms with Gasteiger partial charge in [0.1, 0.15) is 11.5 Å². The number of esters is 1. The Morgan fingerprint density at radius 1 is 1.29 bits per heavy atom. The lowest BCUT2D eigenvalue weighted by atomic mass is 10.0. The third kappa shape index (κ3) is 3.75. The summed E-state index contributed by atoms with van der Waals surface area (Å²) < 4.78 is 21.2. The maximum Gasteiger partial charge on any atom is 0.340 e. The fourth-order valence-electron chi connectivity index (χ4n) is 3.53. The standard InChI is InChI=1S/C21H25NO6/c1-13-19(21(24)27-4)17(20(23)22(13)12-16-6-5-9-28-16)10-14-7-8-15(25-2)11-18(14)26-3/h7-8,10-11,16H,5-6,9,12H2,1-4H3/b17-10-/t16-/m1/s1. The molecule has 1 fully saturated rings. The van der Waals surface area contributed by atoms with E-state index in [0.29, 0.717) is 35.9 Å². The average Bonchev–Trinajstić information content (AvgIpc) is 3.30. The minimum absolute atomic E-state index is 0.0207. The van der Waals surface area contributed by atoms with E-state index in [1.165, 1.54) is 7.11 Å². The van der Waals surface area contributed by atoms with E-state index >= 15 is 0 Å². The quantitative estimate of drug-likeness (QED) is 0.552. The van der Waals surface area contributed by atoms with Crippen molar-refractivity contribution in [3.05, 3.63) is 40.6 Å². The summed E-state index contributed by atoms with van der Waals surface area (Å²) in [7, 11) is 4.42. The van der Waals surface area contributed by atoms with Crippen LogP contribution in [0.25, 0.3) is 6.08 Å². The van der Waals surface area contributed by atoms with Crippen LogP contribution in [0.5, 0.6) is 11.5 Å². The van der Waals surface area contributed by atoms with Crippen molar-refractivity contribution >= 4 is 18.0 Å². The van der Waals surface area contributed by atoms with E-state index in [-0.39, 0.29) is 23.2 Å². The summed E-state index contributed by atoms with van der Waals surface area (Å²) in [4.78, 5) is 27.2. The summed E-state index contributed by atoms with van der Waals surface area (Å²) in [6.07, 6.45) is 3.51. The molecule has 0 radical (unpaired) electrons.